The highest BCUT2D eigenvalue weighted by atomic mass is 28.3. The van der Waals surface area contributed by atoms with Crippen LogP contribution < -0.4 is 5.84 Å². The Labute approximate surface area is 92.3 Å². The van der Waals surface area contributed by atoms with Crippen molar-refractivity contribution in [2.24, 2.45) is 5.84 Å². The molecule has 0 bridgehead atoms. The monoisotopic (exact) mass is 228 g/mol. The Morgan fingerprint density at radius 1 is 1.27 bits per heavy atom. The first kappa shape index (κ1) is 12.4. The predicted octanol–water partition coefficient (Wildman–Crippen LogP) is 1.44. The van der Waals surface area contributed by atoms with Gasteiger partial charge in [0, 0.05) is 19.5 Å². The van der Waals surface area contributed by atoms with Gasteiger partial charge in [-0.2, -0.15) is 0 Å². The Bertz CT molecular complexity index is 290. The van der Waals surface area contributed by atoms with Gasteiger partial charge in [-0.1, -0.05) is 25.7 Å². The van der Waals surface area contributed by atoms with Crippen molar-refractivity contribution in [2.75, 3.05) is 14.2 Å². The van der Waals surface area contributed by atoms with Crippen LogP contribution in [0.3, 0.4) is 0 Å². The van der Waals surface area contributed by atoms with Gasteiger partial charge < -0.3 is 9.47 Å². The molecule has 2 N–H and O–H groups in total. The molecule has 15 heavy (non-hydrogen) atoms. The van der Waals surface area contributed by atoms with Crippen molar-refractivity contribution in [3.8, 4) is 0 Å². The van der Waals surface area contributed by atoms with Gasteiger partial charge in [0.25, 0.3) is 5.91 Å². The molecule has 0 saturated carbocycles. The van der Waals surface area contributed by atoms with Crippen molar-refractivity contribution < 1.29 is 9.47 Å². The van der Waals surface area contributed by atoms with Crippen molar-refractivity contribution in [2.45, 2.75) is 25.6 Å². The Morgan fingerprint density at radius 3 is 2.20 bits per heavy atom. The number of rotatable bonds is 3. The second kappa shape index (κ2) is 4.09. The fourth-order valence-corrected chi connectivity index (χ4v) is 3.09. The first-order chi connectivity index (χ1) is 6.87. The molecule has 0 saturated heterocycles. The van der Waals surface area contributed by atoms with E-state index in [-0.39, 0.29) is 0 Å². The first-order valence-corrected chi connectivity index (χ1v) is 8.42. The fraction of sp³-hybridized carbons (Fsp3) is 0.600. The van der Waals surface area contributed by atoms with Crippen LogP contribution in [0.5, 0.6) is 0 Å². The lowest BCUT2D eigenvalue weighted by Crippen LogP contribution is -2.58. The molecule has 1 aliphatic heterocycles. The van der Waals surface area contributed by atoms with E-state index in [4.69, 9.17) is 15.3 Å². The van der Waals surface area contributed by atoms with Crippen LogP contribution in [0.15, 0.2) is 23.5 Å². The molecule has 0 radical (unpaired) electrons. The third-order valence-corrected chi connectivity index (χ3v) is 4.45. The van der Waals surface area contributed by atoms with Gasteiger partial charge in [-0.05, 0) is 12.2 Å². The molecule has 0 atom stereocenters. The lowest BCUT2D eigenvalue weighted by molar-refractivity contribution is -0.252. The van der Waals surface area contributed by atoms with E-state index in [0.717, 1.165) is 5.32 Å². The summed E-state index contributed by atoms with van der Waals surface area (Å²) in [6.45, 7) is 6.69. The standard InChI is InChI=1S/C10H20N2O2Si/c1-13-10(14-2)8-6-7-9(12(10)11)15(3,4)5/h6-8H,11H2,1-5H3. The van der Waals surface area contributed by atoms with Gasteiger partial charge in [-0.25, -0.2) is 5.84 Å². The molecule has 1 rings (SSSR count). The molecule has 0 aromatic carbocycles. The van der Waals surface area contributed by atoms with Crippen LogP contribution in [0.4, 0.5) is 0 Å². The average Bonchev–Trinajstić information content (AvgIpc) is 2.17. The molecule has 0 aliphatic carbocycles. The molecule has 0 aromatic heterocycles. The maximum Gasteiger partial charge on any atom is 0.285 e. The summed E-state index contributed by atoms with van der Waals surface area (Å²) in [5.74, 6) is 5.11. The number of hydrazine groups is 1. The van der Waals surface area contributed by atoms with Crippen LogP contribution in [-0.2, 0) is 9.47 Å². The summed E-state index contributed by atoms with van der Waals surface area (Å²) >= 11 is 0. The van der Waals surface area contributed by atoms with E-state index >= 15 is 0 Å². The molecule has 1 aliphatic rings. The van der Waals surface area contributed by atoms with Crippen LogP contribution in [0.1, 0.15) is 0 Å². The molecule has 1 heterocycles. The van der Waals surface area contributed by atoms with Crippen molar-refractivity contribution >= 4 is 8.07 Å². The summed E-state index contributed by atoms with van der Waals surface area (Å²) in [5, 5.41) is 2.69. The van der Waals surface area contributed by atoms with E-state index in [0.29, 0.717) is 0 Å². The number of allylic oxidation sites excluding steroid dienone is 2. The number of hydrogen-bond acceptors (Lipinski definition) is 4. The minimum absolute atomic E-state index is 0.954. The summed E-state index contributed by atoms with van der Waals surface area (Å²) in [6.07, 6.45) is 5.77. The molecule has 4 nitrogen and oxygen atoms in total. The lowest BCUT2D eigenvalue weighted by atomic mass is 10.3. The second-order valence-corrected chi connectivity index (χ2v) is 9.58. The highest BCUT2D eigenvalue weighted by molar-refractivity contribution is 6.82. The van der Waals surface area contributed by atoms with Gasteiger partial charge in [-0.3, -0.25) is 5.01 Å². The van der Waals surface area contributed by atoms with E-state index in [1.807, 2.05) is 12.2 Å². The minimum Gasteiger partial charge on any atom is -0.332 e. The number of nitrogens with zero attached hydrogens (tertiary/aromatic N) is 1. The zero-order valence-electron chi connectivity index (χ0n) is 10.1. The first-order valence-electron chi connectivity index (χ1n) is 4.92. The van der Waals surface area contributed by atoms with Crippen molar-refractivity contribution in [1.29, 1.82) is 0 Å². The van der Waals surface area contributed by atoms with Crippen LogP contribution in [-0.4, -0.2) is 33.2 Å². The number of nitrogens with two attached hydrogens (primary N) is 1. The topological polar surface area (TPSA) is 47.7 Å². The van der Waals surface area contributed by atoms with Gasteiger partial charge in [0.1, 0.15) is 8.07 Å². The molecular weight excluding hydrogens is 208 g/mol. The van der Waals surface area contributed by atoms with E-state index in [2.05, 4.69) is 19.6 Å². The summed E-state index contributed by atoms with van der Waals surface area (Å²) in [4.78, 5) is 0. The van der Waals surface area contributed by atoms with Crippen LogP contribution in [0, 0.1) is 0 Å². The Hall–Kier alpha value is -0.623. The molecule has 5 heteroatoms. The maximum atomic E-state index is 6.06. The van der Waals surface area contributed by atoms with E-state index < -0.39 is 14.0 Å². The Balaban J connectivity index is 3.07. The van der Waals surface area contributed by atoms with Crippen molar-refractivity contribution in [3.05, 3.63) is 23.5 Å². The SMILES string of the molecule is COC1(OC)C=CC=C([Si](C)(C)C)N1N. The largest absolute Gasteiger partial charge is 0.332 e. The Morgan fingerprint density at radius 2 is 1.80 bits per heavy atom. The zero-order valence-corrected chi connectivity index (χ0v) is 11.1. The molecule has 0 aromatic rings. The average molecular weight is 228 g/mol. The number of hydrogen-bond donors (Lipinski definition) is 1. The smallest absolute Gasteiger partial charge is 0.285 e. The van der Waals surface area contributed by atoms with Crippen LogP contribution >= 0.6 is 0 Å². The van der Waals surface area contributed by atoms with Crippen LogP contribution in [0.25, 0.3) is 0 Å². The highest BCUT2D eigenvalue weighted by Gasteiger charge is 2.40. The zero-order chi connectivity index (χ0) is 11.7. The van der Waals surface area contributed by atoms with E-state index in [9.17, 15) is 0 Å². The third-order valence-electron chi connectivity index (χ3n) is 2.51. The van der Waals surface area contributed by atoms with E-state index in [1.165, 1.54) is 0 Å². The van der Waals surface area contributed by atoms with Gasteiger partial charge in [0.05, 0.1) is 0 Å². The van der Waals surface area contributed by atoms with Gasteiger partial charge in [-0.15, -0.1) is 0 Å². The minimum atomic E-state index is -1.49. The van der Waals surface area contributed by atoms with Gasteiger partial charge >= 0.3 is 0 Å². The summed E-state index contributed by atoms with van der Waals surface area (Å²) in [7, 11) is 1.68. The molecule has 0 spiro atoms. The molecule has 0 fully saturated rings. The second-order valence-electron chi connectivity index (χ2n) is 4.57. The molecule has 0 unspecified atom stereocenters. The molecule has 0 amide bonds. The summed E-state index contributed by atoms with van der Waals surface area (Å²) in [5.41, 5.74) is 0. The number of methoxy groups -OCH3 is 2. The van der Waals surface area contributed by atoms with E-state index in [1.54, 1.807) is 25.3 Å². The third kappa shape index (κ3) is 2.15. The fourth-order valence-electron chi connectivity index (χ4n) is 1.62. The molecular formula is C10H20N2O2Si. The Kier molecular flexibility index (Phi) is 3.40. The van der Waals surface area contributed by atoms with Crippen molar-refractivity contribution in [1.82, 2.24) is 5.01 Å². The number of ether oxygens (including phenoxy) is 2. The molecule has 86 valence electrons. The normalized spacial score (nSPS) is 20.4. The predicted molar refractivity (Wildman–Crippen MR) is 63.3 cm³/mol. The summed E-state index contributed by atoms with van der Waals surface area (Å²) < 4.78 is 10.7. The highest BCUT2D eigenvalue weighted by Crippen LogP contribution is 2.29. The van der Waals surface area contributed by atoms with Crippen molar-refractivity contribution in [3.63, 3.8) is 0 Å². The van der Waals surface area contributed by atoms with Gasteiger partial charge in [0.15, 0.2) is 0 Å². The summed E-state index contributed by atoms with van der Waals surface area (Å²) in [6, 6.07) is 0. The van der Waals surface area contributed by atoms with Gasteiger partial charge in [0.2, 0.25) is 0 Å². The maximum absolute atomic E-state index is 6.06. The lowest BCUT2D eigenvalue weighted by Gasteiger charge is -2.43. The van der Waals surface area contributed by atoms with Crippen LogP contribution in [0.2, 0.25) is 19.6 Å². The quantitative estimate of drug-likeness (QED) is 0.451.